The summed E-state index contributed by atoms with van der Waals surface area (Å²) in [5.41, 5.74) is 2.25. The molecule has 2 heterocycles. The molecule has 3 aromatic rings. The molecular formula is C21H20N2O2S. The smallest absolute Gasteiger partial charge is 0.233 e. The first kappa shape index (κ1) is 16.9. The third-order valence-electron chi connectivity index (χ3n) is 4.96. The fourth-order valence-electron chi connectivity index (χ4n) is 3.58. The summed E-state index contributed by atoms with van der Waals surface area (Å²) in [6.07, 6.45) is 2.57. The molecule has 0 saturated carbocycles. The van der Waals surface area contributed by atoms with Crippen molar-refractivity contribution >= 4 is 28.4 Å². The second kappa shape index (κ2) is 7.00. The molecule has 0 fully saturated rings. The van der Waals surface area contributed by atoms with Crippen molar-refractivity contribution in [1.82, 2.24) is 9.88 Å². The van der Waals surface area contributed by atoms with Gasteiger partial charge in [-0.25, -0.2) is 4.98 Å². The number of phenolic OH excluding ortho intramolecular Hbond substituents is 1. The number of hydrogen-bond donors (Lipinski definition) is 1. The van der Waals surface area contributed by atoms with Crippen LogP contribution < -0.4 is 0 Å². The topological polar surface area (TPSA) is 53.4 Å². The molecule has 0 radical (unpaired) electrons. The van der Waals surface area contributed by atoms with Gasteiger partial charge in [0.1, 0.15) is 10.8 Å². The summed E-state index contributed by atoms with van der Waals surface area (Å²) in [6.45, 7) is 2.73. The van der Waals surface area contributed by atoms with E-state index in [2.05, 4.69) is 11.1 Å². The highest BCUT2D eigenvalue weighted by atomic mass is 32.2. The molecule has 0 saturated heterocycles. The van der Waals surface area contributed by atoms with E-state index in [0.717, 1.165) is 33.3 Å². The average molecular weight is 364 g/mol. The minimum Gasteiger partial charge on any atom is -0.508 e. The van der Waals surface area contributed by atoms with Crippen LogP contribution in [0.1, 0.15) is 24.1 Å². The summed E-state index contributed by atoms with van der Waals surface area (Å²) in [4.78, 5) is 19.2. The van der Waals surface area contributed by atoms with Crippen molar-refractivity contribution in [1.29, 1.82) is 0 Å². The van der Waals surface area contributed by atoms with E-state index in [4.69, 9.17) is 0 Å². The van der Waals surface area contributed by atoms with Crippen molar-refractivity contribution in [3.63, 3.8) is 0 Å². The Morgan fingerprint density at radius 3 is 3.00 bits per heavy atom. The summed E-state index contributed by atoms with van der Waals surface area (Å²) in [7, 11) is 0. The van der Waals surface area contributed by atoms with Crippen LogP contribution in [0, 0.1) is 0 Å². The lowest BCUT2D eigenvalue weighted by Crippen LogP contribution is -2.39. The maximum atomic E-state index is 12.8. The second-order valence-electron chi connectivity index (χ2n) is 6.52. The van der Waals surface area contributed by atoms with Gasteiger partial charge in [-0.05, 0) is 48.1 Å². The normalized spacial score (nSPS) is 16.5. The lowest BCUT2D eigenvalue weighted by molar-refractivity contribution is -0.130. The first-order valence-corrected chi connectivity index (χ1v) is 9.70. The van der Waals surface area contributed by atoms with Crippen LogP contribution in [0.2, 0.25) is 0 Å². The number of aromatic hydroxyl groups is 1. The van der Waals surface area contributed by atoms with Crippen molar-refractivity contribution in [2.75, 3.05) is 12.3 Å². The third kappa shape index (κ3) is 3.15. The lowest BCUT2D eigenvalue weighted by Gasteiger charge is -2.35. The summed E-state index contributed by atoms with van der Waals surface area (Å²) < 4.78 is 0. The number of carbonyl (C=O) groups is 1. The van der Waals surface area contributed by atoms with Crippen LogP contribution in [-0.2, 0) is 11.2 Å². The number of aromatic nitrogens is 1. The molecular weight excluding hydrogens is 344 g/mol. The molecule has 4 rings (SSSR count). The van der Waals surface area contributed by atoms with Crippen molar-refractivity contribution in [2.24, 2.45) is 0 Å². The number of pyridine rings is 1. The first-order chi connectivity index (χ1) is 12.6. The van der Waals surface area contributed by atoms with Gasteiger partial charge in [0, 0.05) is 18.1 Å². The van der Waals surface area contributed by atoms with E-state index in [-0.39, 0.29) is 17.7 Å². The van der Waals surface area contributed by atoms with Crippen LogP contribution >= 0.6 is 11.8 Å². The molecule has 132 valence electrons. The zero-order valence-electron chi connectivity index (χ0n) is 14.6. The zero-order valence-corrected chi connectivity index (χ0v) is 15.4. The molecule has 1 aliphatic rings. The maximum Gasteiger partial charge on any atom is 0.233 e. The number of benzene rings is 2. The predicted octanol–water partition coefficient (Wildman–Crippen LogP) is 4.18. The Morgan fingerprint density at radius 1 is 1.27 bits per heavy atom. The Kier molecular flexibility index (Phi) is 4.55. The van der Waals surface area contributed by atoms with Gasteiger partial charge < -0.3 is 10.0 Å². The molecule has 1 amide bonds. The maximum absolute atomic E-state index is 12.8. The van der Waals surface area contributed by atoms with Crippen LogP contribution in [0.15, 0.2) is 59.8 Å². The van der Waals surface area contributed by atoms with Crippen molar-refractivity contribution in [2.45, 2.75) is 24.4 Å². The summed E-state index contributed by atoms with van der Waals surface area (Å²) >= 11 is 1.50. The predicted molar refractivity (Wildman–Crippen MR) is 104 cm³/mol. The number of carbonyl (C=O) groups excluding carboxylic acids is 1. The summed E-state index contributed by atoms with van der Waals surface area (Å²) in [5, 5.41) is 12.8. The molecule has 26 heavy (non-hydrogen) atoms. The molecule has 0 spiro atoms. The largest absolute Gasteiger partial charge is 0.508 e. The van der Waals surface area contributed by atoms with Crippen LogP contribution in [0.5, 0.6) is 5.75 Å². The van der Waals surface area contributed by atoms with E-state index >= 15 is 0 Å². The first-order valence-electron chi connectivity index (χ1n) is 8.71. The van der Waals surface area contributed by atoms with Gasteiger partial charge in [-0.15, -0.1) is 0 Å². The number of nitrogens with zero attached hydrogens (tertiary/aromatic N) is 2. The van der Waals surface area contributed by atoms with Crippen LogP contribution in [0.25, 0.3) is 10.8 Å². The van der Waals surface area contributed by atoms with Gasteiger partial charge in [0.25, 0.3) is 0 Å². The fourth-order valence-corrected chi connectivity index (χ4v) is 4.48. The monoisotopic (exact) mass is 364 g/mol. The molecule has 1 aliphatic heterocycles. The van der Waals surface area contributed by atoms with Crippen LogP contribution in [0.3, 0.4) is 0 Å². The number of phenols is 1. The minimum absolute atomic E-state index is 0.0212. The highest BCUT2D eigenvalue weighted by Gasteiger charge is 2.27. The Bertz CT molecular complexity index is 968. The Labute approximate surface area is 156 Å². The van der Waals surface area contributed by atoms with Gasteiger partial charge in [-0.2, -0.15) is 0 Å². The fraction of sp³-hybridized carbons (Fsp3) is 0.238. The third-order valence-corrected chi connectivity index (χ3v) is 5.95. The van der Waals surface area contributed by atoms with Gasteiger partial charge in [0.05, 0.1) is 11.8 Å². The molecule has 0 aliphatic carbocycles. The molecule has 1 unspecified atom stereocenters. The summed E-state index contributed by atoms with van der Waals surface area (Å²) in [5.74, 6) is 0.781. The molecule has 2 aromatic carbocycles. The molecule has 0 bridgehead atoms. The quantitative estimate of drug-likeness (QED) is 0.709. The molecule has 1 aromatic heterocycles. The van der Waals surface area contributed by atoms with Crippen molar-refractivity contribution in [3.05, 3.63) is 65.9 Å². The number of hydrogen-bond acceptors (Lipinski definition) is 4. The van der Waals surface area contributed by atoms with Crippen molar-refractivity contribution in [3.8, 4) is 5.75 Å². The average Bonchev–Trinajstić information content (AvgIpc) is 2.66. The zero-order chi connectivity index (χ0) is 18.1. The van der Waals surface area contributed by atoms with Gasteiger partial charge in [0.15, 0.2) is 0 Å². The molecule has 4 nitrogen and oxygen atoms in total. The van der Waals surface area contributed by atoms with Crippen LogP contribution in [0.4, 0.5) is 0 Å². The van der Waals surface area contributed by atoms with E-state index in [0.29, 0.717) is 12.3 Å². The number of thioether (sulfide) groups is 1. The lowest BCUT2D eigenvalue weighted by atomic mass is 9.93. The number of amides is 1. The minimum atomic E-state index is 0.0212. The highest BCUT2D eigenvalue weighted by Crippen LogP contribution is 2.33. The Morgan fingerprint density at radius 2 is 2.12 bits per heavy atom. The second-order valence-corrected chi connectivity index (χ2v) is 7.49. The van der Waals surface area contributed by atoms with E-state index in [1.807, 2.05) is 48.2 Å². The molecule has 1 N–H and O–H groups in total. The van der Waals surface area contributed by atoms with E-state index in [9.17, 15) is 9.90 Å². The van der Waals surface area contributed by atoms with E-state index in [1.54, 1.807) is 12.3 Å². The van der Waals surface area contributed by atoms with Gasteiger partial charge in [-0.1, -0.05) is 42.1 Å². The van der Waals surface area contributed by atoms with Crippen LogP contribution in [-0.4, -0.2) is 33.2 Å². The Hall–Kier alpha value is -2.53. The number of fused-ring (bicyclic) bond motifs is 2. The van der Waals surface area contributed by atoms with Crippen molar-refractivity contribution < 1.29 is 9.90 Å². The van der Waals surface area contributed by atoms with E-state index < -0.39 is 0 Å². The van der Waals surface area contributed by atoms with Gasteiger partial charge >= 0.3 is 0 Å². The number of rotatable bonds is 3. The molecule has 1 atom stereocenters. The Balaban J connectivity index is 1.49. The van der Waals surface area contributed by atoms with E-state index in [1.165, 1.54) is 11.8 Å². The van der Waals surface area contributed by atoms with Gasteiger partial charge in [0.2, 0.25) is 5.91 Å². The van der Waals surface area contributed by atoms with Gasteiger partial charge in [-0.3, -0.25) is 4.79 Å². The molecule has 5 heteroatoms. The SMILES string of the molecule is CC1c2ccc(O)cc2CCN1C(=O)CSc1nccc2ccccc12. The standard InChI is InChI=1S/C21H20N2O2S/c1-14-18-7-6-17(24)12-16(18)9-11-23(14)20(25)13-26-21-19-5-3-2-4-15(19)8-10-22-21/h2-8,10,12,14,24H,9,11,13H2,1H3. The highest BCUT2D eigenvalue weighted by molar-refractivity contribution is 8.00. The summed E-state index contributed by atoms with van der Waals surface area (Å²) in [6, 6.07) is 15.5.